The number of aromatic nitrogens is 4. The summed E-state index contributed by atoms with van der Waals surface area (Å²) in [6, 6.07) is 15.8. The molecule has 1 saturated heterocycles. The first-order chi connectivity index (χ1) is 21.5. The van der Waals surface area contributed by atoms with Crippen LogP contribution in [0.2, 0.25) is 0 Å². The average Bonchev–Trinajstić information content (AvgIpc) is 3.62. The summed E-state index contributed by atoms with van der Waals surface area (Å²) >= 11 is 1.74. The van der Waals surface area contributed by atoms with Gasteiger partial charge in [0.15, 0.2) is 11.6 Å². The number of anilines is 2. The summed E-state index contributed by atoms with van der Waals surface area (Å²) in [5.41, 5.74) is 12.9. The third-order valence-electron chi connectivity index (χ3n) is 7.56. The molecular weight excluding hydrogens is 576 g/mol. The van der Waals surface area contributed by atoms with Crippen LogP contribution in [-0.4, -0.2) is 63.5 Å². The lowest BCUT2D eigenvalue weighted by atomic mass is 10.2. The normalized spacial score (nSPS) is 13.8. The highest BCUT2D eigenvalue weighted by molar-refractivity contribution is 7.19. The number of rotatable bonds is 11. The van der Waals surface area contributed by atoms with Crippen molar-refractivity contribution in [2.45, 2.75) is 32.9 Å². The number of fused-ring (bicyclic) bond motifs is 2. The number of nitrogens with zero attached hydrogens (tertiary/aromatic N) is 5. The number of nitrogen functional groups attached to an aromatic ring is 1. The second-order valence-corrected chi connectivity index (χ2v) is 11.8. The van der Waals surface area contributed by atoms with E-state index in [-0.39, 0.29) is 0 Å². The molecule has 44 heavy (non-hydrogen) atoms. The van der Waals surface area contributed by atoms with E-state index in [4.69, 9.17) is 30.6 Å². The third-order valence-corrected chi connectivity index (χ3v) is 8.68. The molecule has 0 atom stereocenters. The lowest BCUT2D eigenvalue weighted by molar-refractivity contribution is -0.124. The number of hydrogen-bond acceptors (Lipinski definition) is 10. The van der Waals surface area contributed by atoms with Crippen LogP contribution < -0.4 is 21.4 Å². The number of carbonyl (C=O) groups excluding carboxylic acids is 1. The number of aryl methyl sites for hydroxylation is 1. The molecule has 0 saturated carbocycles. The fraction of sp³-hybridized carbons (Fsp3) is 0.312. The van der Waals surface area contributed by atoms with Gasteiger partial charge in [-0.25, -0.2) is 20.4 Å². The van der Waals surface area contributed by atoms with Crippen molar-refractivity contribution in [3.63, 3.8) is 0 Å². The van der Waals surface area contributed by atoms with Gasteiger partial charge in [0.1, 0.15) is 5.82 Å². The number of hydroxylamine groups is 1. The quantitative estimate of drug-likeness (QED) is 0.0561. The molecule has 12 heteroatoms. The number of imidazole rings is 1. The molecule has 0 bridgehead atoms. The number of ether oxygens (including phenoxy) is 1. The number of benzene rings is 2. The lowest BCUT2D eigenvalue weighted by Crippen LogP contribution is -2.36. The molecule has 0 unspecified atom stereocenters. The van der Waals surface area contributed by atoms with Crippen molar-refractivity contribution in [2.75, 3.05) is 43.5 Å². The van der Waals surface area contributed by atoms with Gasteiger partial charge in [-0.1, -0.05) is 13.0 Å². The minimum absolute atomic E-state index is 0.571. The number of thiophene rings is 1. The van der Waals surface area contributed by atoms with E-state index in [1.54, 1.807) is 22.9 Å². The summed E-state index contributed by atoms with van der Waals surface area (Å²) in [5.74, 6) is 2.13. The van der Waals surface area contributed by atoms with E-state index >= 15 is 0 Å². The molecule has 6 rings (SSSR count). The highest BCUT2D eigenvalue weighted by atomic mass is 32.1. The van der Waals surface area contributed by atoms with Gasteiger partial charge in [0.2, 0.25) is 0 Å². The Bertz CT molecular complexity index is 1790. The Morgan fingerprint density at radius 1 is 1.09 bits per heavy atom. The van der Waals surface area contributed by atoms with Gasteiger partial charge in [-0.3, -0.25) is 10.0 Å². The van der Waals surface area contributed by atoms with Gasteiger partial charge in [0.05, 0.1) is 34.5 Å². The van der Waals surface area contributed by atoms with E-state index in [1.165, 1.54) is 11.0 Å². The maximum atomic E-state index is 11.4. The van der Waals surface area contributed by atoms with Crippen molar-refractivity contribution in [2.24, 2.45) is 0 Å². The predicted molar refractivity (Wildman–Crippen MR) is 175 cm³/mol. The van der Waals surface area contributed by atoms with E-state index in [9.17, 15) is 4.79 Å². The Kier molecular flexibility index (Phi) is 9.12. The van der Waals surface area contributed by atoms with Gasteiger partial charge in [-0.2, -0.15) is 0 Å². The van der Waals surface area contributed by atoms with Crippen molar-refractivity contribution >= 4 is 56.1 Å². The molecule has 1 amide bonds. The Hall–Kier alpha value is -4.36. The van der Waals surface area contributed by atoms with Gasteiger partial charge in [-0.15, -0.1) is 11.3 Å². The second kappa shape index (κ2) is 13.5. The fourth-order valence-corrected chi connectivity index (χ4v) is 6.46. The Morgan fingerprint density at radius 3 is 2.68 bits per heavy atom. The van der Waals surface area contributed by atoms with E-state index in [2.05, 4.69) is 27.8 Å². The molecule has 3 aromatic heterocycles. The number of morpholine rings is 1. The fourth-order valence-electron chi connectivity index (χ4n) is 5.38. The first kappa shape index (κ1) is 29.7. The van der Waals surface area contributed by atoms with Crippen molar-refractivity contribution in [1.82, 2.24) is 30.3 Å². The van der Waals surface area contributed by atoms with E-state index in [1.807, 2.05) is 42.5 Å². The van der Waals surface area contributed by atoms with Crippen molar-refractivity contribution in [1.29, 1.82) is 0 Å². The van der Waals surface area contributed by atoms with Crippen LogP contribution in [0.4, 0.5) is 11.5 Å². The number of amides is 1. The van der Waals surface area contributed by atoms with Crippen LogP contribution in [0.3, 0.4) is 0 Å². The third kappa shape index (κ3) is 6.58. The molecule has 2 aromatic carbocycles. The number of carbonyl (C=O) groups is 1. The van der Waals surface area contributed by atoms with Crippen LogP contribution in [0.1, 0.15) is 29.6 Å². The second-order valence-electron chi connectivity index (χ2n) is 10.7. The molecule has 5 N–H and O–H groups in total. The zero-order valence-corrected chi connectivity index (χ0v) is 25.4. The number of hydrogen-bond donors (Lipinski definition) is 4. The molecule has 4 heterocycles. The van der Waals surface area contributed by atoms with Crippen LogP contribution in [0.25, 0.3) is 38.7 Å². The maximum absolute atomic E-state index is 11.4. The molecule has 0 radical (unpaired) electrons. The molecule has 5 aromatic rings. The highest BCUT2D eigenvalue weighted by Crippen LogP contribution is 2.34. The van der Waals surface area contributed by atoms with Crippen molar-refractivity contribution in [3.8, 4) is 11.4 Å². The van der Waals surface area contributed by atoms with Gasteiger partial charge in [0.25, 0.3) is 5.91 Å². The Morgan fingerprint density at radius 2 is 1.91 bits per heavy atom. The van der Waals surface area contributed by atoms with Gasteiger partial charge in [-0.05, 0) is 60.5 Å². The van der Waals surface area contributed by atoms with Crippen LogP contribution >= 0.6 is 11.3 Å². The molecule has 1 fully saturated rings. The minimum Gasteiger partial charge on any atom is -0.399 e. The van der Waals surface area contributed by atoms with Crippen molar-refractivity contribution < 1.29 is 14.7 Å². The molecule has 228 valence electrons. The molecule has 0 spiro atoms. The lowest BCUT2D eigenvalue weighted by Gasteiger charge is -2.28. The van der Waals surface area contributed by atoms with Gasteiger partial charge >= 0.3 is 0 Å². The zero-order valence-electron chi connectivity index (χ0n) is 24.6. The summed E-state index contributed by atoms with van der Waals surface area (Å²) in [6.45, 7) is 7.39. The summed E-state index contributed by atoms with van der Waals surface area (Å²) in [7, 11) is 0. The van der Waals surface area contributed by atoms with E-state index in [0.29, 0.717) is 24.7 Å². The molecule has 1 aliphatic rings. The SMILES string of the molecule is CCCc1nc2cc(C=CC(=O)NO)ccc2n1CCNCc1cc2nc(-c3ccc(N)cc3)nc(N3CCOCC3)c2s1. The smallest absolute Gasteiger partial charge is 0.267 e. The zero-order chi connectivity index (χ0) is 30.5. The first-order valence-electron chi connectivity index (χ1n) is 14.8. The molecule has 1 aliphatic heterocycles. The highest BCUT2D eigenvalue weighted by Gasteiger charge is 2.20. The topological polar surface area (TPSA) is 143 Å². The monoisotopic (exact) mass is 612 g/mol. The van der Waals surface area contributed by atoms with E-state index in [0.717, 1.165) is 89.6 Å². The van der Waals surface area contributed by atoms with Crippen LogP contribution in [0.15, 0.2) is 54.6 Å². The van der Waals surface area contributed by atoms with E-state index < -0.39 is 5.91 Å². The predicted octanol–water partition coefficient (Wildman–Crippen LogP) is 4.39. The number of nitrogens with one attached hydrogen (secondary N) is 2. The summed E-state index contributed by atoms with van der Waals surface area (Å²) in [6.07, 6.45) is 4.82. The standard InChI is InChI=1S/C32H36N8O3S/c1-2-3-28-35-25-18-21(5-11-29(41)38-42)4-10-27(25)40(28)13-12-34-20-24-19-26-30(44-24)32(39-14-16-43-17-15-39)37-31(36-26)22-6-8-23(33)9-7-22/h4-11,18-19,34,42H,2-3,12-17,20,33H2,1H3,(H,38,41). The molecular formula is C32H36N8O3S. The largest absolute Gasteiger partial charge is 0.399 e. The van der Waals surface area contributed by atoms with Crippen LogP contribution in [0, 0.1) is 0 Å². The summed E-state index contributed by atoms with van der Waals surface area (Å²) in [4.78, 5) is 29.7. The van der Waals surface area contributed by atoms with Crippen LogP contribution in [0.5, 0.6) is 0 Å². The number of nitrogens with two attached hydrogens (primary N) is 1. The maximum Gasteiger partial charge on any atom is 0.267 e. The van der Waals surface area contributed by atoms with Crippen molar-refractivity contribution in [3.05, 3.63) is 70.9 Å². The van der Waals surface area contributed by atoms with Crippen LogP contribution in [-0.2, 0) is 29.0 Å². The summed E-state index contributed by atoms with van der Waals surface area (Å²) < 4.78 is 8.97. The Labute approximate surface area is 259 Å². The molecule has 0 aliphatic carbocycles. The first-order valence-corrected chi connectivity index (χ1v) is 15.6. The minimum atomic E-state index is -0.571. The Balaban J connectivity index is 1.19. The van der Waals surface area contributed by atoms with Gasteiger partial charge < -0.3 is 25.3 Å². The summed E-state index contributed by atoms with van der Waals surface area (Å²) in [5, 5.41) is 12.4. The average molecular weight is 613 g/mol. The molecule has 11 nitrogen and oxygen atoms in total. The van der Waals surface area contributed by atoms with Gasteiger partial charge in [0, 0.05) is 61.3 Å².